The van der Waals surface area contributed by atoms with Crippen LogP contribution in [0, 0.1) is 42.2 Å². The number of Topliss-reactive ketones (excluding diaryl/α,β-unsaturated/α-hetero) is 3. The molecule has 0 spiro atoms. The van der Waals surface area contributed by atoms with Gasteiger partial charge in [-0.2, -0.15) is 0 Å². The van der Waals surface area contributed by atoms with Gasteiger partial charge in [-0.05, 0) is 162 Å². The third-order valence-corrected chi connectivity index (χ3v) is 16.4. The second-order valence-electron chi connectivity index (χ2n) is 20.9. The summed E-state index contributed by atoms with van der Waals surface area (Å²) in [6.45, 7) is 16.1. The summed E-state index contributed by atoms with van der Waals surface area (Å²) in [5, 5.41) is 6.16. The largest absolute Gasteiger partial charge is 0.343 e. The summed E-state index contributed by atoms with van der Waals surface area (Å²) in [5.74, 6) is 1.80. The molecule has 0 saturated carbocycles. The Morgan fingerprint density at radius 2 is 1.37 bits per heavy atom. The maximum absolute atomic E-state index is 13.5. The Morgan fingerprint density at radius 3 is 1.97 bits per heavy atom. The fourth-order valence-electron chi connectivity index (χ4n) is 11.4. The van der Waals surface area contributed by atoms with Gasteiger partial charge in [0.1, 0.15) is 22.4 Å². The maximum Gasteiger partial charge on any atom is 0.323 e. The number of nitrogens with one attached hydrogen (secondary N) is 2. The molecule has 4 aliphatic heterocycles. The van der Waals surface area contributed by atoms with E-state index in [9.17, 15) is 32.8 Å². The van der Waals surface area contributed by atoms with Crippen molar-refractivity contribution >= 4 is 46.3 Å². The number of anilines is 1. The Labute approximate surface area is 438 Å². The molecule has 4 atom stereocenters. The lowest BCUT2D eigenvalue weighted by molar-refractivity contribution is -0.130. The smallest absolute Gasteiger partial charge is 0.323 e. The van der Waals surface area contributed by atoms with E-state index in [2.05, 4.69) is 30.3 Å². The van der Waals surface area contributed by atoms with Gasteiger partial charge in [0.2, 0.25) is 5.91 Å². The number of aromatic nitrogens is 1. The van der Waals surface area contributed by atoms with Crippen LogP contribution in [-0.4, -0.2) is 125 Å². The lowest BCUT2D eigenvalue weighted by Gasteiger charge is -2.46. The van der Waals surface area contributed by atoms with Crippen molar-refractivity contribution in [3.63, 3.8) is 0 Å². The van der Waals surface area contributed by atoms with Crippen LogP contribution in [0.2, 0.25) is 0 Å². The lowest BCUT2D eigenvalue weighted by atomic mass is 9.79. The third kappa shape index (κ3) is 17.3. The highest BCUT2D eigenvalue weighted by molar-refractivity contribution is 7.13. The first-order valence-electron chi connectivity index (χ1n) is 26.4. The number of carbonyl (C=O) groups is 5. The molecular weight excluding hydrogens is 945 g/mol. The summed E-state index contributed by atoms with van der Waals surface area (Å²) < 4.78 is 26.5. The van der Waals surface area contributed by atoms with Crippen molar-refractivity contribution in [1.29, 1.82) is 0 Å². The van der Waals surface area contributed by atoms with Gasteiger partial charge in [-0.15, -0.1) is 11.3 Å². The molecule has 73 heavy (non-hydrogen) atoms. The van der Waals surface area contributed by atoms with E-state index in [1.165, 1.54) is 60.8 Å². The molecule has 5 heterocycles. The average Bonchev–Trinajstić information content (AvgIpc) is 3.74. The summed E-state index contributed by atoms with van der Waals surface area (Å²) in [6.07, 6.45) is 14.1. The molecule has 0 aliphatic carbocycles. The van der Waals surface area contributed by atoms with Crippen LogP contribution in [0.5, 0.6) is 0 Å². The molecule has 2 N–H and O–H groups in total. The number of likely N-dealkylation sites (tertiary alicyclic amines) is 4. The van der Waals surface area contributed by atoms with Gasteiger partial charge < -0.3 is 20.4 Å². The van der Waals surface area contributed by atoms with Crippen molar-refractivity contribution < 1.29 is 35.6 Å². The summed E-state index contributed by atoms with van der Waals surface area (Å²) in [6, 6.07) is 20.7. The van der Waals surface area contributed by atoms with Crippen LogP contribution in [0.4, 0.5) is 19.3 Å². The standard InChI is InChI=1S/C34H47FN4O3S.C24H28FN3O2.2H2/c1-23-34(24(2)40)43-33(36-23)19-32(42)18-29-22-39(31-11-15-38(16-12-31)25(3)41)14-10-28(29)21-37-13-4-5-27(20-37)17-26-6-8-30(35)9-7-26;1-18(29)21-6-2-7-23(16-21)27-24(30)26-12-4-14-28-13-3-5-20(17-28)15-19-8-10-22(25)11-9-19;;/h6-9,27-29,31H,4-5,10-22H2,1-3H3;2,4,6-12,16,20H,3,5,13-15,17H2,1H3,(H2,26,27,30);2*1H/b;12-4+;;/t27-,28-,29+;20-;;/m00../s1. The SMILES string of the molecule is CC(=O)c1cccc(NC(=O)N/C=C/CN2CCC[C@@H](Cc3ccc(F)cc3)C2)c1.CC(=O)c1sc(CC(=O)C[C@@H]2CN(C3CCN(C(C)=O)CC3)CC[C@H]2CN2CCC[C@@H](Cc3ccc(F)cc3)C2)nc1C.[HH].[HH]. The molecule has 4 aliphatic rings. The van der Waals surface area contributed by atoms with Gasteiger partial charge in [0.25, 0.3) is 0 Å². The zero-order valence-electron chi connectivity index (χ0n) is 43.3. The number of hydrogen-bond acceptors (Lipinski definition) is 10. The molecule has 4 saturated heterocycles. The van der Waals surface area contributed by atoms with Crippen molar-refractivity contribution in [2.45, 2.75) is 104 Å². The maximum atomic E-state index is 13.5. The monoisotopic (exact) mass is 1020 g/mol. The number of rotatable bonds is 17. The molecule has 8 rings (SSSR count). The van der Waals surface area contributed by atoms with Crippen LogP contribution in [0.25, 0.3) is 0 Å². The highest BCUT2D eigenvalue weighted by atomic mass is 32.1. The lowest BCUT2D eigenvalue weighted by Crippen LogP contribution is -2.53. The number of carbonyl (C=O) groups excluding carboxylic acids is 5. The number of piperidine rings is 4. The van der Waals surface area contributed by atoms with Gasteiger partial charge in [-0.3, -0.25) is 29.0 Å². The molecule has 0 bridgehead atoms. The number of thiazole rings is 1. The number of halogens is 2. The Kier molecular flexibility index (Phi) is 20.6. The molecule has 3 amide bonds. The number of amides is 3. The molecule has 396 valence electrons. The van der Waals surface area contributed by atoms with Crippen molar-refractivity contribution in [2.75, 3.05) is 70.8 Å². The van der Waals surface area contributed by atoms with Gasteiger partial charge in [0.05, 0.1) is 17.0 Å². The zero-order chi connectivity index (χ0) is 51.9. The van der Waals surface area contributed by atoms with Crippen LogP contribution >= 0.6 is 11.3 Å². The predicted molar refractivity (Wildman–Crippen MR) is 289 cm³/mol. The summed E-state index contributed by atoms with van der Waals surface area (Å²) in [5.41, 5.74) is 4.23. The first-order valence-corrected chi connectivity index (χ1v) is 27.2. The quantitative estimate of drug-likeness (QED) is 0.0991. The average molecular weight is 1020 g/mol. The van der Waals surface area contributed by atoms with E-state index in [1.807, 2.05) is 42.2 Å². The first-order chi connectivity index (χ1) is 35.1. The molecule has 4 fully saturated rings. The molecule has 12 nitrogen and oxygen atoms in total. The number of aryl methyl sites for hydroxylation is 1. The molecular formula is C58H79F2N7O5S. The summed E-state index contributed by atoms with van der Waals surface area (Å²) >= 11 is 1.36. The van der Waals surface area contributed by atoms with E-state index in [0.29, 0.717) is 52.8 Å². The first kappa shape index (κ1) is 55.3. The minimum absolute atomic E-state index is 0. The van der Waals surface area contributed by atoms with Crippen molar-refractivity contribution in [3.05, 3.63) is 129 Å². The Balaban J connectivity index is 0.000000287. The van der Waals surface area contributed by atoms with E-state index >= 15 is 0 Å². The number of urea groups is 1. The highest BCUT2D eigenvalue weighted by Gasteiger charge is 2.37. The number of nitrogens with zero attached hydrogens (tertiary/aromatic N) is 5. The minimum Gasteiger partial charge on any atom is -0.343 e. The molecule has 15 heteroatoms. The van der Waals surface area contributed by atoms with Crippen LogP contribution in [0.1, 0.15) is 117 Å². The van der Waals surface area contributed by atoms with Crippen LogP contribution in [0.3, 0.4) is 0 Å². The number of benzene rings is 3. The van der Waals surface area contributed by atoms with Crippen molar-refractivity contribution in [2.24, 2.45) is 23.7 Å². The fraction of sp³-hybridized carbons (Fsp3) is 0.517. The Bertz CT molecular complexity index is 2520. The zero-order valence-corrected chi connectivity index (χ0v) is 44.1. The van der Waals surface area contributed by atoms with E-state index in [1.54, 1.807) is 56.4 Å². The van der Waals surface area contributed by atoms with Crippen LogP contribution < -0.4 is 10.6 Å². The van der Waals surface area contributed by atoms with Gasteiger partial charge in [-0.1, -0.05) is 42.5 Å². The van der Waals surface area contributed by atoms with E-state index in [-0.39, 0.29) is 49.7 Å². The van der Waals surface area contributed by atoms with E-state index in [4.69, 9.17) is 0 Å². The third-order valence-electron chi connectivity index (χ3n) is 15.1. The Morgan fingerprint density at radius 1 is 0.740 bits per heavy atom. The van der Waals surface area contributed by atoms with E-state index in [0.717, 1.165) is 115 Å². The second kappa shape index (κ2) is 27.2. The van der Waals surface area contributed by atoms with Gasteiger partial charge in [0.15, 0.2) is 11.6 Å². The molecule has 1 aromatic heterocycles. The molecule has 4 aromatic rings. The van der Waals surface area contributed by atoms with Crippen molar-refractivity contribution in [1.82, 2.24) is 29.9 Å². The van der Waals surface area contributed by atoms with Gasteiger partial charge in [-0.25, -0.2) is 18.6 Å². The predicted octanol–water partition coefficient (Wildman–Crippen LogP) is 10.3. The molecule has 0 unspecified atom stereocenters. The van der Waals surface area contributed by atoms with Crippen LogP contribution in [0.15, 0.2) is 85.1 Å². The van der Waals surface area contributed by atoms with E-state index < -0.39 is 0 Å². The van der Waals surface area contributed by atoms with Crippen LogP contribution in [-0.2, 0) is 28.9 Å². The summed E-state index contributed by atoms with van der Waals surface area (Å²) in [4.78, 5) is 75.4. The van der Waals surface area contributed by atoms with Gasteiger partial charge in [0, 0.05) is 92.4 Å². The minimum atomic E-state index is -0.347. The highest BCUT2D eigenvalue weighted by Crippen LogP contribution is 2.33. The van der Waals surface area contributed by atoms with Crippen molar-refractivity contribution in [3.8, 4) is 0 Å². The molecule has 0 radical (unpaired) electrons. The molecule has 3 aromatic carbocycles. The normalized spacial score (nSPS) is 21.3. The topological polar surface area (TPSA) is 135 Å². The fourth-order valence-corrected chi connectivity index (χ4v) is 12.4. The number of hydrogen-bond donors (Lipinski definition) is 2. The Hall–Kier alpha value is -5.48. The number of ketones is 3. The second-order valence-corrected chi connectivity index (χ2v) is 22.0. The summed E-state index contributed by atoms with van der Waals surface area (Å²) in [7, 11) is 0. The van der Waals surface area contributed by atoms with Gasteiger partial charge >= 0.3 is 6.03 Å².